The molecule has 5 N–H and O–H groups in total. The fraction of sp³-hybridized carbons (Fsp3) is 0.150. The van der Waals surface area contributed by atoms with Crippen LogP contribution in [0.5, 0.6) is 0 Å². The fourth-order valence-corrected chi connectivity index (χ4v) is 3.31. The minimum absolute atomic E-state index is 0.00249. The largest absolute Gasteiger partial charge is 0.452 e. The summed E-state index contributed by atoms with van der Waals surface area (Å²) >= 11 is 0. The van der Waals surface area contributed by atoms with Gasteiger partial charge in [0.25, 0.3) is 0 Å². The first kappa shape index (κ1) is 20.0. The summed E-state index contributed by atoms with van der Waals surface area (Å²) in [6.07, 6.45) is 0.975. The number of carbonyl (C=O) groups excluding carboxylic acids is 1. The number of nitrogen functional groups attached to an aromatic ring is 2. The van der Waals surface area contributed by atoms with Crippen LogP contribution in [-0.2, 0) is 11.3 Å². The Morgan fingerprint density at radius 3 is 2.58 bits per heavy atom. The average Bonchev–Trinajstić information content (AvgIpc) is 3.12. The third-order valence-corrected chi connectivity index (χ3v) is 4.79. The van der Waals surface area contributed by atoms with Crippen molar-refractivity contribution < 1.29 is 18.6 Å². The van der Waals surface area contributed by atoms with Gasteiger partial charge in [0.15, 0.2) is 17.5 Å². The van der Waals surface area contributed by atoms with Crippen molar-refractivity contribution in [2.45, 2.75) is 6.54 Å². The van der Waals surface area contributed by atoms with E-state index in [2.05, 4.69) is 20.1 Å². The molecule has 3 aromatic heterocycles. The summed E-state index contributed by atoms with van der Waals surface area (Å²) in [7, 11) is 2.69. The molecular formula is C20H20FN8O2+. The number of ether oxygens (including phenoxy) is 1. The van der Waals surface area contributed by atoms with Gasteiger partial charge < -0.3 is 16.2 Å². The molecule has 0 spiro atoms. The number of nitrogens with two attached hydrogens (primary N) is 2. The Morgan fingerprint density at radius 2 is 1.90 bits per heavy atom. The molecule has 0 aliphatic rings. The van der Waals surface area contributed by atoms with Crippen LogP contribution in [0, 0.1) is 5.82 Å². The number of nitrogens with one attached hydrogen (secondary N) is 1. The number of nitrogens with zero attached hydrogens (tertiary/aromatic N) is 5. The lowest BCUT2D eigenvalue weighted by molar-refractivity contribution is -0.719. The summed E-state index contributed by atoms with van der Waals surface area (Å²) < 4.78 is 20.6. The number of fused-ring (bicyclic) bond motifs is 1. The van der Waals surface area contributed by atoms with E-state index in [0.717, 1.165) is 4.90 Å². The zero-order valence-corrected chi connectivity index (χ0v) is 16.8. The highest BCUT2D eigenvalue weighted by Gasteiger charge is 2.25. The normalized spacial score (nSPS) is 10.9. The Labute approximate surface area is 176 Å². The molecule has 0 aliphatic carbocycles. The predicted molar refractivity (Wildman–Crippen MR) is 112 cm³/mol. The summed E-state index contributed by atoms with van der Waals surface area (Å²) in [5, 5.41) is 3.87. The molecule has 4 aromatic rings. The van der Waals surface area contributed by atoms with E-state index >= 15 is 0 Å². The average molecular weight is 423 g/mol. The van der Waals surface area contributed by atoms with Gasteiger partial charge in [0.2, 0.25) is 0 Å². The van der Waals surface area contributed by atoms with Crippen LogP contribution in [0.25, 0.3) is 22.6 Å². The number of benzene rings is 1. The van der Waals surface area contributed by atoms with Crippen molar-refractivity contribution in [3.63, 3.8) is 0 Å². The molecule has 0 fully saturated rings. The zero-order valence-electron chi connectivity index (χ0n) is 16.8. The van der Waals surface area contributed by atoms with E-state index in [1.54, 1.807) is 35.1 Å². The van der Waals surface area contributed by atoms with Crippen LogP contribution in [0.15, 0.2) is 42.6 Å². The minimum atomic E-state index is -0.660. The molecule has 3 heterocycles. The molecular weight excluding hydrogens is 403 g/mol. The third kappa shape index (κ3) is 3.56. The molecule has 0 unspecified atom stereocenters. The maximum Gasteiger partial charge on any atom is 0.413 e. The summed E-state index contributed by atoms with van der Waals surface area (Å²) in [6.45, 7) is 0.217. The quantitative estimate of drug-likeness (QED) is 0.426. The number of halogens is 1. The second-order valence-corrected chi connectivity index (χ2v) is 6.73. The van der Waals surface area contributed by atoms with Gasteiger partial charge in [-0.25, -0.2) is 24.3 Å². The fourth-order valence-electron chi connectivity index (χ4n) is 3.31. The number of carbonyl (C=O) groups is 1. The summed E-state index contributed by atoms with van der Waals surface area (Å²) in [4.78, 5) is 26.0. The molecule has 4 rings (SSSR count). The number of aromatic nitrogens is 5. The van der Waals surface area contributed by atoms with Crippen LogP contribution in [0.1, 0.15) is 5.56 Å². The summed E-state index contributed by atoms with van der Waals surface area (Å²) in [6, 6.07) is 10.1. The molecule has 0 bridgehead atoms. The highest BCUT2D eigenvalue weighted by molar-refractivity contribution is 5.95. The molecule has 0 saturated carbocycles. The number of rotatable bonds is 4. The van der Waals surface area contributed by atoms with Crippen LogP contribution in [0.3, 0.4) is 0 Å². The minimum Gasteiger partial charge on any atom is -0.452 e. The molecule has 1 amide bonds. The molecule has 1 aromatic carbocycles. The van der Waals surface area contributed by atoms with Crippen LogP contribution < -0.4 is 21.0 Å². The van der Waals surface area contributed by atoms with E-state index in [1.807, 2.05) is 6.07 Å². The Kier molecular flexibility index (Phi) is 5.07. The molecule has 0 atom stereocenters. The second-order valence-electron chi connectivity index (χ2n) is 6.73. The monoisotopic (exact) mass is 423 g/mol. The number of amides is 1. The Balaban J connectivity index is 1.82. The molecule has 10 nitrogen and oxygen atoms in total. The van der Waals surface area contributed by atoms with Crippen molar-refractivity contribution in [1.82, 2.24) is 20.1 Å². The van der Waals surface area contributed by atoms with Gasteiger partial charge >= 0.3 is 11.7 Å². The first-order chi connectivity index (χ1) is 14.9. The van der Waals surface area contributed by atoms with Gasteiger partial charge in [-0.1, -0.05) is 18.2 Å². The van der Waals surface area contributed by atoms with Crippen LogP contribution in [-0.4, -0.2) is 40.3 Å². The molecule has 11 heteroatoms. The highest BCUT2D eigenvalue weighted by atomic mass is 19.1. The van der Waals surface area contributed by atoms with Gasteiger partial charge in [0.05, 0.1) is 7.11 Å². The van der Waals surface area contributed by atoms with Crippen molar-refractivity contribution in [2.24, 2.45) is 0 Å². The summed E-state index contributed by atoms with van der Waals surface area (Å²) in [5.74, 6) is -0.108. The topological polar surface area (TPSA) is 140 Å². The number of methoxy groups -OCH3 is 1. The molecule has 158 valence electrons. The number of pyridine rings is 1. The van der Waals surface area contributed by atoms with Crippen molar-refractivity contribution in [3.8, 4) is 11.5 Å². The molecule has 0 aliphatic heterocycles. The van der Waals surface area contributed by atoms with E-state index in [1.165, 1.54) is 20.2 Å². The van der Waals surface area contributed by atoms with Gasteiger partial charge in [0.1, 0.15) is 35.3 Å². The van der Waals surface area contributed by atoms with Crippen LogP contribution >= 0.6 is 0 Å². The molecule has 31 heavy (non-hydrogen) atoms. The van der Waals surface area contributed by atoms with Crippen molar-refractivity contribution in [2.75, 3.05) is 30.5 Å². The van der Waals surface area contributed by atoms with E-state index < -0.39 is 6.09 Å². The first-order valence-corrected chi connectivity index (χ1v) is 9.25. The maximum atomic E-state index is 14.2. The SMILES string of the molecule is COC(=O)N(C)c1c(N)nc(-c2[nH][n+](Cc3ccccc3F)c3ncccc23)nc1N. The predicted octanol–water partition coefficient (Wildman–Crippen LogP) is 1.86. The standard InChI is InChI=1S/C20H19FN8O2/c1-28(20(30)31-2)15-16(22)25-18(26-17(15)23)14-12-7-5-9-24-19(12)29(27-14)10-11-6-3-4-8-13(11)21/h3-9H,10H2,1-2H3,(H4,22,23,25,26)/p+1. The Bertz CT molecular complexity index is 1270. The van der Waals surface area contributed by atoms with Gasteiger partial charge in [-0.2, -0.15) is 0 Å². The van der Waals surface area contributed by atoms with E-state index in [9.17, 15) is 9.18 Å². The summed E-state index contributed by atoms with van der Waals surface area (Å²) in [5.41, 5.74) is 13.9. The number of hydrogen-bond acceptors (Lipinski definition) is 7. The number of H-pyrrole nitrogens is 1. The van der Waals surface area contributed by atoms with E-state index in [0.29, 0.717) is 22.3 Å². The second kappa shape index (κ2) is 7.86. The lowest BCUT2D eigenvalue weighted by Gasteiger charge is -2.18. The van der Waals surface area contributed by atoms with Gasteiger partial charge in [0, 0.05) is 12.6 Å². The lowest BCUT2D eigenvalue weighted by atomic mass is 10.2. The third-order valence-electron chi connectivity index (χ3n) is 4.79. The van der Waals surface area contributed by atoms with E-state index in [-0.39, 0.29) is 35.5 Å². The maximum absolute atomic E-state index is 14.2. The van der Waals surface area contributed by atoms with E-state index in [4.69, 9.17) is 16.2 Å². The van der Waals surface area contributed by atoms with Crippen LogP contribution in [0.2, 0.25) is 0 Å². The Morgan fingerprint density at radius 1 is 1.19 bits per heavy atom. The number of anilines is 3. The number of hydrogen-bond donors (Lipinski definition) is 3. The van der Waals surface area contributed by atoms with Crippen molar-refractivity contribution in [3.05, 3.63) is 54.0 Å². The smallest absolute Gasteiger partial charge is 0.413 e. The number of aromatic amines is 1. The van der Waals surface area contributed by atoms with Crippen molar-refractivity contribution in [1.29, 1.82) is 0 Å². The van der Waals surface area contributed by atoms with Gasteiger partial charge in [-0.15, -0.1) is 4.68 Å². The van der Waals surface area contributed by atoms with Crippen LogP contribution in [0.4, 0.5) is 26.5 Å². The zero-order chi connectivity index (χ0) is 22.1. The first-order valence-electron chi connectivity index (χ1n) is 9.25. The molecule has 0 saturated heterocycles. The van der Waals surface area contributed by atoms with Crippen molar-refractivity contribution >= 4 is 34.4 Å². The van der Waals surface area contributed by atoms with Gasteiger partial charge in [-0.05, 0) is 23.2 Å². The Hall–Kier alpha value is -4.28. The highest BCUT2D eigenvalue weighted by Crippen LogP contribution is 2.31. The lowest BCUT2D eigenvalue weighted by Crippen LogP contribution is -2.37. The van der Waals surface area contributed by atoms with Gasteiger partial charge in [-0.3, -0.25) is 4.90 Å². The molecule has 0 radical (unpaired) electrons.